The third-order valence-electron chi connectivity index (χ3n) is 4.20. The Labute approximate surface area is 119 Å². The molecule has 0 aromatic carbocycles. The van der Waals surface area contributed by atoms with Crippen LogP contribution in [0.5, 0.6) is 0 Å². The van der Waals surface area contributed by atoms with Crippen LogP contribution in [0.15, 0.2) is 6.20 Å². The third-order valence-corrected chi connectivity index (χ3v) is 4.47. The van der Waals surface area contributed by atoms with Gasteiger partial charge in [0.05, 0.1) is 11.2 Å². The highest BCUT2D eigenvalue weighted by Gasteiger charge is 2.43. The minimum absolute atomic E-state index is 0.0220. The second-order valence-corrected chi connectivity index (χ2v) is 5.77. The summed E-state index contributed by atoms with van der Waals surface area (Å²) < 4.78 is 7.27. The quantitative estimate of drug-likeness (QED) is 0.797. The Morgan fingerprint density at radius 3 is 2.74 bits per heavy atom. The first-order valence-corrected chi connectivity index (χ1v) is 7.23. The molecule has 0 unspecified atom stereocenters. The highest BCUT2D eigenvalue weighted by molar-refractivity contribution is 6.34. The normalized spacial score (nSPS) is 27.5. The summed E-state index contributed by atoms with van der Waals surface area (Å²) in [5.41, 5.74) is -0.233. The lowest BCUT2D eigenvalue weighted by atomic mass is 9.76. The minimum Gasteiger partial charge on any atom is -0.370 e. The zero-order valence-corrected chi connectivity index (χ0v) is 12.5. The Balaban J connectivity index is 2.33. The largest absolute Gasteiger partial charge is 0.370 e. The highest BCUT2D eigenvalue weighted by Crippen LogP contribution is 2.37. The lowest BCUT2D eigenvalue weighted by molar-refractivity contribution is -0.0269. The number of carbonyl (C=O) groups excluding carboxylic acids is 1. The lowest BCUT2D eigenvalue weighted by Gasteiger charge is -2.36. The van der Waals surface area contributed by atoms with Gasteiger partial charge in [0, 0.05) is 13.7 Å². The number of Topliss-reactive ketones (excluding diaryl/α,β-unsaturated/α-hetero) is 1. The Morgan fingerprint density at radius 1 is 1.58 bits per heavy atom. The molecule has 0 N–H and O–H groups in total. The maximum absolute atomic E-state index is 12.9. The fourth-order valence-electron chi connectivity index (χ4n) is 2.80. The molecule has 106 valence electrons. The molecule has 1 aliphatic carbocycles. The van der Waals surface area contributed by atoms with E-state index in [1.54, 1.807) is 11.8 Å². The van der Waals surface area contributed by atoms with Crippen molar-refractivity contribution >= 4 is 17.4 Å². The van der Waals surface area contributed by atoms with Gasteiger partial charge < -0.3 is 4.74 Å². The zero-order valence-electron chi connectivity index (χ0n) is 11.8. The second-order valence-electron chi connectivity index (χ2n) is 5.37. The van der Waals surface area contributed by atoms with Crippen LogP contribution in [0.2, 0.25) is 5.02 Å². The second kappa shape index (κ2) is 5.63. The van der Waals surface area contributed by atoms with Crippen molar-refractivity contribution in [1.82, 2.24) is 9.78 Å². The number of halogens is 1. The van der Waals surface area contributed by atoms with Crippen molar-refractivity contribution in [3.63, 3.8) is 0 Å². The number of hydrogen-bond donors (Lipinski definition) is 0. The standard InChI is InChI=1S/C14H21ClN2O2/c1-4-17-12(11(15)9-16-17)13(18)14(19-3)7-5-10(2)6-8-14/h9-10H,4-8H2,1-3H3. The van der Waals surface area contributed by atoms with E-state index in [-0.39, 0.29) is 5.78 Å². The van der Waals surface area contributed by atoms with Gasteiger partial charge in [0.1, 0.15) is 11.3 Å². The molecule has 0 aliphatic heterocycles. The SMILES string of the molecule is CCn1ncc(Cl)c1C(=O)C1(OC)CCC(C)CC1. The fourth-order valence-corrected chi connectivity index (χ4v) is 3.02. The summed E-state index contributed by atoms with van der Waals surface area (Å²) in [4.78, 5) is 12.9. The summed E-state index contributed by atoms with van der Waals surface area (Å²) in [5, 5.41) is 4.56. The van der Waals surface area contributed by atoms with Gasteiger partial charge in [-0.15, -0.1) is 0 Å². The molecular weight excluding hydrogens is 264 g/mol. The maximum Gasteiger partial charge on any atom is 0.214 e. The van der Waals surface area contributed by atoms with Gasteiger partial charge in [0.2, 0.25) is 5.78 Å². The predicted molar refractivity (Wildman–Crippen MR) is 74.6 cm³/mol. The van der Waals surface area contributed by atoms with Crippen LogP contribution >= 0.6 is 11.6 Å². The van der Waals surface area contributed by atoms with Crippen molar-refractivity contribution in [1.29, 1.82) is 0 Å². The molecule has 1 aromatic rings. The molecule has 0 saturated heterocycles. The Hall–Kier alpha value is -0.870. The zero-order chi connectivity index (χ0) is 14.0. The molecule has 2 rings (SSSR count). The van der Waals surface area contributed by atoms with Crippen LogP contribution in [0.4, 0.5) is 0 Å². The average molecular weight is 285 g/mol. The summed E-state index contributed by atoms with van der Waals surface area (Å²) in [5.74, 6) is 0.633. The van der Waals surface area contributed by atoms with Crippen LogP contribution in [0.3, 0.4) is 0 Å². The van der Waals surface area contributed by atoms with E-state index in [0.717, 1.165) is 25.7 Å². The van der Waals surface area contributed by atoms with Crippen molar-refractivity contribution in [3.8, 4) is 0 Å². The number of rotatable bonds is 4. The maximum atomic E-state index is 12.9. The first-order chi connectivity index (χ1) is 9.04. The molecule has 1 fully saturated rings. The van der Waals surface area contributed by atoms with Crippen LogP contribution in [-0.2, 0) is 11.3 Å². The van der Waals surface area contributed by atoms with Crippen LogP contribution in [-0.4, -0.2) is 28.3 Å². The van der Waals surface area contributed by atoms with Gasteiger partial charge in [-0.1, -0.05) is 18.5 Å². The highest BCUT2D eigenvalue weighted by atomic mass is 35.5. The van der Waals surface area contributed by atoms with Crippen LogP contribution in [0.25, 0.3) is 0 Å². The van der Waals surface area contributed by atoms with Gasteiger partial charge >= 0.3 is 0 Å². The predicted octanol–water partition coefficient (Wildman–Crippen LogP) is 3.33. The number of hydrogen-bond acceptors (Lipinski definition) is 3. The van der Waals surface area contributed by atoms with Crippen molar-refractivity contribution < 1.29 is 9.53 Å². The van der Waals surface area contributed by atoms with Crippen molar-refractivity contribution in [2.75, 3.05) is 7.11 Å². The van der Waals surface area contributed by atoms with Gasteiger partial charge in [-0.25, -0.2) is 0 Å². The molecule has 5 heteroatoms. The smallest absolute Gasteiger partial charge is 0.214 e. The summed E-state index contributed by atoms with van der Waals surface area (Å²) >= 11 is 6.13. The van der Waals surface area contributed by atoms with Crippen LogP contribution in [0.1, 0.15) is 50.0 Å². The number of methoxy groups -OCH3 is 1. The van der Waals surface area contributed by atoms with Crippen LogP contribution < -0.4 is 0 Å². The molecule has 1 aromatic heterocycles. The number of ketones is 1. The number of nitrogens with zero attached hydrogens (tertiary/aromatic N) is 2. The first kappa shape index (κ1) is 14.5. The number of carbonyl (C=O) groups is 1. The molecule has 0 spiro atoms. The van der Waals surface area contributed by atoms with E-state index in [2.05, 4.69) is 12.0 Å². The van der Waals surface area contributed by atoms with Gasteiger partial charge in [0.15, 0.2) is 0 Å². The molecule has 1 heterocycles. The molecular formula is C14H21ClN2O2. The number of aryl methyl sites for hydroxylation is 1. The first-order valence-electron chi connectivity index (χ1n) is 6.85. The molecule has 1 saturated carbocycles. The number of aromatic nitrogens is 2. The molecule has 0 bridgehead atoms. The van der Waals surface area contributed by atoms with Crippen molar-refractivity contribution in [3.05, 3.63) is 16.9 Å². The molecule has 19 heavy (non-hydrogen) atoms. The Kier molecular flexibility index (Phi) is 4.31. The molecule has 4 nitrogen and oxygen atoms in total. The Morgan fingerprint density at radius 2 is 2.21 bits per heavy atom. The molecule has 1 aliphatic rings. The van der Waals surface area contributed by atoms with E-state index in [0.29, 0.717) is 23.2 Å². The molecule has 0 atom stereocenters. The van der Waals surface area contributed by atoms with E-state index in [9.17, 15) is 4.79 Å². The van der Waals surface area contributed by atoms with Gasteiger partial charge in [-0.05, 0) is 38.5 Å². The van der Waals surface area contributed by atoms with E-state index in [1.807, 2.05) is 6.92 Å². The fraction of sp³-hybridized carbons (Fsp3) is 0.714. The van der Waals surface area contributed by atoms with Crippen molar-refractivity contribution in [2.45, 2.75) is 51.7 Å². The van der Waals surface area contributed by atoms with Crippen LogP contribution in [0, 0.1) is 5.92 Å². The molecule has 0 amide bonds. The average Bonchev–Trinajstić information content (AvgIpc) is 2.80. The Bertz CT molecular complexity index is 462. The number of ether oxygens (including phenoxy) is 1. The van der Waals surface area contributed by atoms with E-state index in [1.165, 1.54) is 6.20 Å². The molecule has 0 radical (unpaired) electrons. The topological polar surface area (TPSA) is 44.1 Å². The third kappa shape index (κ3) is 2.56. The van der Waals surface area contributed by atoms with Gasteiger partial charge in [0.25, 0.3) is 0 Å². The van der Waals surface area contributed by atoms with E-state index in [4.69, 9.17) is 16.3 Å². The summed E-state index contributed by atoms with van der Waals surface area (Å²) in [7, 11) is 1.62. The van der Waals surface area contributed by atoms with Gasteiger partial charge in [-0.2, -0.15) is 5.10 Å². The van der Waals surface area contributed by atoms with Crippen molar-refractivity contribution in [2.24, 2.45) is 5.92 Å². The van der Waals surface area contributed by atoms with Gasteiger partial charge in [-0.3, -0.25) is 9.48 Å². The summed E-state index contributed by atoms with van der Waals surface area (Å²) in [6.07, 6.45) is 5.07. The van der Waals surface area contributed by atoms with E-state index >= 15 is 0 Å². The van der Waals surface area contributed by atoms with E-state index < -0.39 is 5.60 Å². The summed E-state index contributed by atoms with van der Waals surface area (Å²) in [6.45, 7) is 4.79. The summed E-state index contributed by atoms with van der Waals surface area (Å²) in [6, 6.07) is 0. The monoisotopic (exact) mass is 284 g/mol. The lowest BCUT2D eigenvalue weighted by Crippen LogP contribution is -2.44. The minimum atomic E-state index is -0.719.